The summed E-state index contributed by atoms with van der Waals surface area (Å²) in [7, 11) is -1.53. The molecule has 0 amide bonds. The van der Waals surface area contributed by atoms with Crippen molar-refractivity contribution in [1.29, 1.82) is 0 Å². The van der Waals surface area contributed by atoms with Crippen LogP contribution in [0, 0.1) is 0 Å². The Morgan fingerprint density at radius 3 is 0.897 bits per heavy atom. The van der Waals surface area contributed by atoms with E-state index in [2.05, 4.69) is 319 Å². The van der Waals surface area contributed by atoms with Gasteiger partial charge < -0.3 is 10.0 Å². The summed E-state index contributed by atoms with van der Waals surface area (Å²) in [5, 5.41) is 35.1. The van der Waals surface area contributed by atoms with Crippen LogP contribution in [0.1, 0.15) is 44.5 Å². The van der Waals surface area contributed by atoms with E-state index in [1.807, 2.05) is 121 Å². The highest BCUT2D eigenvalue weighted by atomic mass is 79.9. The fraction of sp³-hybridized carbons (Fsp3) is 0.0172. The molecule has 0 aliphatic heterocycles. The quantitative estimate of drug-likeness (QED) is 0.114. The Morgan fingerprint density at radius 2 is 0.484 bits per heavy atom. The highest BCUT2D eigenvalue weighted by Gasteiger charge is 2.55. The molecule has 20 aromatic carbocycles. The molecule has 10 heteroatoms. The molecule has 8 nitrogen and oxygen atoms in total. The van der Waals surface area contributed by atoms with Gasteiger partial charge in [-0.05, 0) is 201 Å². The first kappa shape index (κ1) is 74.3. The number of hydrogen-bond acceptors (Lipinski definition) is 8. The lowest BCUT2D eigenvalue weighted by atomic mass is 9.67. The van der Waals surface area contributed by atoms with Crippen molar-refractivity contribution in [3.05, 3.63) is 474 Å². The molecule has 0 bridgehead atoms. The van der Waals surface area contributed by atoms with Crippen molar-refractivity contribution in [3.8, 4) is 124 Å². The zero-order valence-corrected chi connectivity index (χ0v) is 69.5. The molecule has 4 aliphatic rings. The molecule has 2 atom stereocenters. The lowest BCUT2D eigenvalue weighted by Gasteiger charge is -2.32. The van der Waals surface area contributed by atoms with Crippen molar-refractivity contribution in [2.24, 2.45) is 0 Å². The van der Waals surface area contributed by atoms with Gasteiger partial charge in [-0.15, -0.1) is 0 Å². The Kier molecular flexibility index (Phi) is 17.6. The molecule has 2 heterocycles. The molecule has 588 valence electrons. The average Bonchev–Trinajstić information content (AvgIpc) is 1.50. The maximum absolute atomic E-state index is 10.2. The molecule has 2 spiro atoms. The number of aromatic nitrogens is 6. The fourth-order valence-corrected chi connectivity index (χ4v) is 21.4. The minimum absolute atomic E-state index is 0.511. The van der Waals surface area contributed by atoms with Crippen molar-refractivity contribution in [2.75, 3.05) is 0 Å². The molecule has 4 aliphatic carbocycles. The summed E-state index contributed by atoms with van der Waals surface area (Å²) in [6.45, 7) is 0. The Bertz CT molecular complexity index is 8120. The van der Waals surface area contributed by atoms with Crippen LogP contribution in [0.4, 0.5) is 0 Å². The van der Waals surface area contributed by atoms with Gasteiger partial charge in [0.1, 0.15) is 0 Å². The van der Waals surface area contributed by atoms with Gasteiger partial charge in [0, 0.05) is 37.9 Å². The molecule has 0 saturated heterocycles. The van der Waals surface area contributed by atoms with Gasteiger partial charge in [-0.3, -0.25) is 0 Å². The first-order valence-electron chi connectivity index (χ1n) is 42.6. The lowest BCUT2D eigenvalue weighted by Crippen LogP contribution is -2.33. The summed E-state index contributed by atoms with van der Waals surface area (Å²) in [6, 6.07) is 150. The summed E-state index contributed by atoms with van der Waals surface area (Å²) in [5.74, 6) is 3.90. The maximum atomic E-state index is 10.2. The molecular formula is C116H72BBrN6O2. The third-order valence-corrected chi connectivity index (χ3v) is 26.8. The third kappa shape index (κ3) is 11.6. The van der Waals surface area contributed by atoms with E-state index in [0.717, 1.165) is 76.3 Å². The fourth-order valence-electron chi connectivity index (χ4n) is 20.9. The molecule has 0 radical (unpaired) electrons. The van der Waals surface area contributed by atoms with Crippen LogP contribution in [0.3, 0.4) is 0 Å². The molecule has 2 N–H and O–H groups in total. The monoisotopic (exact) mass is 1670 g/mol. The highest BCUT2D eigenvalue weighted by molar-refractivity contribution is 9.10. The van der Waals surface area contributed by atoms with E-state index < -0.39 is 17.9 Å². The summed E-state index contributed by atoms with van der Waals surface area (Å²) in [6.07, 6.45) is 0. The van der Waals surface area contributed by atoms with E-state index in [1.165, 1.54) is 126 Å². The number of hydrogen-bond donors (Lipinski definition) is 2. The van der Waals surface area contributed by atoms with E-state index in [4.69, 9.17) is 29.9 Å². The number of rotatable bonds is 8. The molecule has 126 heavy (non-hydrogen) atoms. The maximum Gasteiger partial charge on any atom is 0.488 e. The number of fused-ring (bicyclic) bond motifs is 32. The molecule has 0 fully saturated rings. The van der Waals surface area contributed by atoms with Gasteiger partial charge in [-0.1, -0.05) is 410 Å². The average molecular weight is 1670 g/mol. The Hall–Kier alpha value is -15.6. The summed E-state index contributed by atoms with van der Waals surface area (Å²) in [4.78, 5) is 30.0. The lowest BCUT2D eigenvalue weighted by molar-refractivity contribution is 0.425. The second-order valence-electron chi connectivity index (χ2n) is 32.8. The third-order valence-electron chi connectivity index (χ3n) is 26.1. The number of nitrogens with zero attached hydrogens (tertiary/aromatic N) is 6. The normalized spacial score (nSPS) is 14.4. The van der Waals surface area contributed by atoms with Gasteiger partial charge in [0.25, 0.3) is 0 Å². The Morgan fingerprint density at radius 1 is 0.198 bits per heavy atom. The molecule has 22 aromatic rings. The van der Waals surface area contributed by atoms with E-state index in [-0.39, 0.29) is 0 Å². The van der Waals surface area contributed by atoms with Crippen LogP contribution >= 0.6 is 15.9 Å². The van der Waals surface area contributed by atoms with Crippen LogP contribution < -0.4 is 5.46 Å². The van der Waals surface area contributed by atoms with Gasteiger partial charge in [0.05, 0.1) is 10.8 Å². The van der Waals surface area contributed by atoms with E-state index in [0.29, 0.717) is 40.4 Å². The number of halogens is 1. The molecular weight excluding hydrogens is 1600 g/mol. The Balaban J connectivity index is 0.000000116. The van der Waals surface area contributed by atoms with Crippen LogP contribution in [0.15, 0.2) is 429 Å². The van der Waals surface area contributed by atoms with Crippen molar-refractivity contribution in [1.82, 2.24) is 29.9 Å². The van der Waals surface area contributed by atoms with Crippen molar-refractivity contribution < 1.29 is 10.0 Å². The summed E-state index contributed by atoms with van der Waals surface area (Å²) < 4.78 is 0.959. The second kappa shape index (κ2) is 29.9. The predicted molar refractivity (Wildman–Crippen MR) is 519 cm³/mol. The molecule has 2 unspecified atom stereocenters. The molecule has 2 aromatic heterocycles. The van der Waals surface area contributed by atoms with E-state index in [9.17, 15) is 10.0 Å². The summed E-state index contributed by atoms with van der Waals surface area (Å²) >= 11 is 3.72. The van der Waals surface area contributed by atoms with Gasteiger partial charge in [0.15, 0.2) is 34.9 Å². The highest BCUT2D eigenvalue weighted by Crippen LogP contribution is 2.68. The van der Waals surface area contributed by atoms with Crippen molar-refractivity contribution in [2.45, 2.75) is 10.8 Å². The minimum atomic E-state index is -1.53. The molecule has 0 saturated carbocycles. The smallest absolute Gasteiger partial charge is 0.423 e. The van der Waals surface area contributed by atoms with Gasteiger partial charge in [-0.25, -0.2) is 29.9 Å². The first-order valence-corrected chi connectivity index (χ1v) is 43.4. The van der Waals surface area contributed by atoms with Crippen LogP contribution in [0.2, 0.25) is 0 Å². The summed E-state index contributed by atoms with van der Waals surface area (Å²) in [5.41, 5.74) is 27.6. The zero-order valence-electron chi connectivity index (χ0n) is 67.9. The van der Waals surface area contributed by atoms with Gasteiger partial charge >= 0.3 is 7.12 Å². The van der Waals surface area contributed by atoms with E-state index in [1.54, 1.807) is 0 Å². The number of benzene rings is 20. The first-order chi connectivity index (χ1) is 62.2. The van der Waals surface area contributed by atoms with Crippen molar-refractivity contribution in [3.63, 3.8) is 0 Å². The predicted octanol–water partition coefficient (Wildman–Crippen LogP) is 27.1. The van der Waals surface area contributed by atoms with Crippen LogP contribution in [-0.4, -0.2) is 47.1 Å². The zero-order chi connectivity index (χ0) is 83.7. The van der Waals surface area contributed by atoms with Crippen LogP contribution in [-0.2, 0) is 10.8 Å². The SMILES string of the molecule is Brc1cc2ccccc2cc1-c1nc(-c2ccccc2)nc(-c2ccccc2)n1.OB(O)c1ccc2c(c1)C1(c3ccccc3-2)c2ccccc2-c2c1c1ccccc1c1ccccc21.c1ccc(-c2nc(-c3ccccc3)nc(-c3cc4ccccc4cc3-c3ccc4c(c3)C3(c5ccccc5-4)c4ccccc4-c4c3c3ccccc3c3ccccc43)n2)cc1. The molecule has 26 rings (SSSR count). The van der Waals surface area contributed by atoms with Crippen LogP contribution in [0.25, 0.3) is 189 Å². The topological polar surface area (TPSA) is 118 Å². The second-order valence-corrected chi connectivity index (χ2v) is 33.7. The Labute approximate surface area is 736 Å². The van der Waals surface area contributed by atoms with Crippen LogP contribution in [0.5, 0.6) is 0 Å². The van der Waals surface area contributed by atoms with Gasteiger partial charge in [0.2, 0.25) is 0 Å². The van der Waals surface area contributed by atoms with Crippen molar-refractivity contribution >= 4 is 93.1 Å². The van der Waals surface area contributed by atoms with Gasteiger partial charge in [-0.2, -0.15) is 0 Å². The van der Waals surface area contributed by atoms with E-state index >= 15 is 0 Å². The minimum Gasteiger partial charge on any atom is -0.423 e. The standard InChI is InChI=1S/C58H35N3.C33H21BO2.C25H16BrN3/c1-3-17-36(18-4-1)55-59-56(37-19-5-2-6-20-37)61-57(60-55)49-34-39-22-8-7-21-38(39)33-48(49)40-31-32-44-43-25-13-15-29-50(43)58(52(44)35-40)51-30-16-14-28-47(51)53-45-26-11-9-23-41(45)42-24-10-12-27-46(42)54(53)58;35-34(36)20-17-18-24-23-11-5-7-15-28(23)33(30(24)19-20)29-16-8-6-14-27(29)31-25-12-3-1-9-21(25)22-10-2-4-13-26(22)32(31)33;26-22-16-20-14-8-7-13-19(20)15-21(22)25-28-23(17-9-3-1-4-10-17)27-24(29-25)18-11-5-2-6-12-18/h1-35H;1-19,35-36H;1-16H. The largest absolute Gasteiger partial charge is 0.488 e.